The number of rotatable bonds is 4. The van der Waals surface area contributed by atoms with Crippen molar-refractivity contribution in [3.05, 3.63) is 59.4 Å². The molecule has 2 rings (SSSR count). The highest BCUT2D eigenvalue weighted by Crippen LogP contribution is 2.16. The van der Waals surface area contributed by atoms with Crippen LogP contribution >= 0.6 is 0 Å². The summed E-state index contributed by atoms with van der Waals surface area (Å²) in [5.74, 6) is -0.376. The van der Waals surface area contributed by atoms with Crippen LogP contribution in [0, 0.1) is 0 Å². The van der Waals surface area contributed by atoms with Crippen molar-refractivity contribution in [2.24, 2.45) is 0 Å². The molecule has 0 fully saturated rings. The Balaban J connectivity index is 2.18. The maximum Gasteiger partial charge on any atom is 0.352 e. The standard InChI is InChI=1S/C15H17NO2/c1-11(2)13-7-5-12(6-8-13)10-16-9-3-4-14(16)15(17)18/h3-9,11H,10H2,1-2H3,(H,17,18). The van der Waals surface area contributed by atoms with Crippen LogP contribution in [0.1, 0.15) is 41.4 Å². The fourth-order valence-electron chi connectivity index (χ4n) is 1.95. The fraction of sp³-hybridized carbons (Fsp3) is 0.267. The van der Waals surface area contributed by atoms with E-state index in [0.29, 0.717) is 18.2 Å². The maximum atomic E-state index is 11.0. The van der Waals surface area contributed by atoms with E-state index < -0.39 is 5.97 Å². The average Bonchev–Trinajstić information content (AvgIpc) is 2.78. The molecule has 0 saturated carbocycles. The summed E-state index contributed by atoms with van der Waals surface area (Å²) < 4.78 is 1.74. The number of nitrogens with zero attached hydrogens (tertiary/aromatic N) is 1. The summed E-state index contributed by atoms with van der Waals surface area (Å²) in [5, 5.41) is 9.03. The molecule has 0 atom stereocenters. The molecule has 0 saturated heterocycles. The minimum absolute atomic E-state index is 0.322. The Morgan fingerprint density at radius 2 is 1.89 bits per heavy atom. The minimum Gasteiger partial charge on any atom is -0.477 e. The lowest BCUT2D eigenvalue weighted by molar-refractivity contribution is 0.0685. The van der Waals surface area contributed by atoms with Crippen LogP contribution in [-0.4, -0.2) is 15.6 Å². The molecular formula is C15H17NO2. The monoisotopic (exact) mass is 243 g/mol. The summed E-state index contributed by atoms with van der Waals surface area (Å²) in [7, 11) is 0. The van der Waals surface area contributed by atoms with Gasteiger partial charge in [0.2, 0.25) is 0 Å². The second-order valence-electron chi connectivity index (χ2n) is 4.72. The molecular weight excluding hydrogens is 226 g/mol. The smallest absolute Gasteiger partial charge is 0.352 e. The molecule has 1 aromatic carbocycles. The predicted molar refractivity (Wildman–Crippen MR) is 71.0 cm³/mol. The highest BCUT2D eigenvalue weighted by molar-refractivity contribution is 5.85. The normalized spacial score (nSPS) is 10.8. The molecule has 0 aliphatic heterocycles. The van der Waals surface area contributed by atoms with Crippen LogP contribution in [0.15, 0.2) is 42.6 Å². The lowest BCUT2D eigenvalue weighted by Gasteiger charge is -2.09. The van der Waals surface area contributed by atoms with E-state index in [-0.39, 0.29) is 0 Å². The van der Waals surface area contributed by atoms with Gasteiger partial charge in [0.25, 0.3) is 0 Å². The molecule has 94 valence electrons. The van der Waals surface area contributed by atoms with Crippen molar-refractivity contribution < 1.29 is 9.90 Å². The molecule has 0 aliphatic rings. The van der Waals surface area contributed by atoms with Crippen molar-refractivity contribution in [3.8, 4) is 0 Å². The summed E-state index contributed by atoms with van der Waals surface area (Å²) in [5.41, 5.74) is 2.73. The zero-order valence-corrected chi connectivity index (χ0v) is 10.6. The summed E-state index contributed by atoms with van der Waals surface area (Å²) in [4.78, 5) is 11.0. The van der Waals surface area contributed by atoms with E-state index in [4.69, 9.17) is 5.11 Å². The van der Waals surface area contributed by atoms with Crippen molar-refractivity contribution in [1.82, 2.24) is 4.57 Å². The van der Waals surface area contributed by atoms with Gasteiger partial charge in [-0.15, -0.1) is 0 Å². The molecule has 1 N–H and O–H groups in total. The number of aromatic nitrogens is 1. The zero-order valence-electron chi connectivity index (χ0n) is 10.6. The predicted octanol–water partition coefficient (Wildman–Crippen LogP) is 3.36. The number of hydrogen-bond acceptors (Lipinski definition) is 1. The molecule has 18 heavy (non-hydrogen) atoms. The van der Waals surface area contributed by atoms with Crippen LogP contribution in [0.5, 0.6) is 0 Å². The first kappa shape index (κ1) is 12.4. The molecule has 1 aromatic heterocycles. The van der Waals surface area contributed by atoms with Gasteiger partial charge in [0.1, 0.15) is 5.69 Å². The fourth-order valence-corrected chi connectivity index (χ4v) is 1.95. The Morgan fingerprint density at radius 3 is 2.44 bits per heavy atom. The van der Waals surface area contributed by atoms with E-state index in [2.05, 4.69) is 38.1 Å². The molecule has 3 heteroatoms. The molecule has 0 bridgehead atoms. The molecule has 3 nitrogen and oxygen atoms in total. The summed E-state index contributed by atoms with van der Waals surface area (Å²) in [6.07, 6.45) is 1.79. The van der Waals surface area contributed by atoms with E-state index in [1.54, 1.807) is 22.9 Å². The van der Waals surface area contributed by atoms with Gasteiger partial charge in [-0.05, 0) is 29.2 Å². The Bertz CT molecular complexity index is 538. The number of benzene rings is 1. The van der Waals surface area contributed by atoms with Crippen molar-refractivity contribution in [3.63, 3.8) is 0 Å². The highest BCUT2D eigenvalue weighted by Gasteiger charge is 2.08. The van der Waals surface area contributed by atoms with Gasteiger partial charge in [-0.3, -0.25) is 0 Å². The third-order valence-corrected chi connectivity index (χ3v) is 3.05. The Kier molecular flexibility index (Phi) is 3.51. The number of carbonyl (C=O) groups is 1. The molecule has 1 heterocycles. The topological polar surface area (TPSA) is 42.2 Å². The first-order valence-electron chi connectivity index (χ1n) is 6.05. The third-order valence-electron chi connectivity index (χ3n) is 3.05. The van der Waals surface area contributed by atoms with E-state index in [1.165, 1.54) is 5.56 Å². The largest absolute Gasteiger partial charge is 0.477 e. The molecule has 0 spiro atoms. The maximum absolute atomic E-state index is 11.0. The van der Waals surface area contributed by atoms with E-state index in [1.807, 2.05) is 0 Å². The van der Waals surface area contributed by atoms with Crippen molar-refractivity contribution in [1.29, 1.82) is 0 Å². The number of hydrogen-bond donors (Lipinski definition) is 1. The van der Waals surface area contributed by atoms with Crippen LogP contribution in [-0.2, 0) is 6.54 Å². The SMILES string of the molecule is CC(C)c1ccc(Cn2cccc2C(=O)O)cc1. The number of carboxylic acid groups (broad SMARTS) is 1. The van der Waals surface area contributed by atoms with Crippen LogP contribution in [0.25, 0.3) is 0 Å². The molecule has 2 aromatic rings. The van der Waals surface area contributed by atoms with E-state index >= 15 is 0 Å². The van der Waals surface area contributed by atoms with Crippen LogP contribution in [0.4, 0.5) is 0 Å². The lowest BCUT2D eigenvalue weighted by atomic mass is 10.0. The first-order chi connectivity index (χ1) is 8.58. The van der Waals surface area contributed by atoms with Gasteiger partial charge in [0.05, 0.1) is 0 Å². The van der Waals surface area contributed by atoms with Gasteiger partial charge in [-0.2, -0.15) is 0 Å². The van der Waals surface area contributed by atoms with Gasteiger partial charge >= 0.3 is 5.97 Å². The Labute approximate surface area is 107 Å². The summed E-state index contributed by atoms with van der Waals surface area (Å²) >= 11 is 0. The first-order valence-corrected chi connectivity index (χ1v) is 6.05. The van der Waals surface area contributed by atoms with Crippen molar-refractivity contribution in [2.45, 2.75) is 26.3 Å². The summed E-state index contributed by atoms with van der Waals surface area (Å²) in [6, 6.07) is 11.7. The van der Waals surface area contributed by atoms with Gasteiger partial charge < -0.3 is 9.67 Å². The van der Waals surface area contributed by atoms with Crippen LogP contribution in [0.2, 0.25) is 0 Å². The highest BCUT2D eigenvalue weighted by atomic mass is 16.4. The van der Waals surface area contributed by atoms with Gasteiger partial charge in [-0.1, -0.05) is 38.1 Å². The molecule has 0 unspecified atom stereocenters. The molecule has 0 amide bonds. The Morgan fingerprint density at radius 1 is 1.22 bits per heavy atom. The third kappa shape index (κ3) is 2.62. The van der Waals surface area contributed by atoms with Gasteiger partial charge in [0, 0.05) is 12.7 Å². The van der Waals surface area contributed by atoms with E-state index in [0.717, 1.165) is 5.56 Å². The van der Waals surface area contributed by atoms with Crippen LogP contribution < -0.4 is 0 Å². The minimum atomic E-state index is -0.890. The van der Waals surface area contributed by atoms with Crippen molar-refractivity contribution in [2.75, 3.05) is 0 Å². The quantitative estimate of drug-likeness (QED) is 0.894. The van der Waals surface area contributed by atoms with Gasteiger partial charge in [-0.25, -0.2) is 4.79 Å². The second-order valence-corrected chi connectivity index (χ2v) is 4.72. The van der Waals surface area contributed by atoms with Gasteiger partial charge in [0.15, 0.2) is 0 Å². The molecule has 0 radical (unpaired) electrons. The number of aromatic carboxylic acids is 1. The average molecular weight is 243 g/mol. The lowest BCUT2D eigenvalue weighted by Crippen LogP contribution is -2.08. The number of carboxylic acids is 1. The molecule has 0 aliphatic carbocycles. The summed E-state index contributed by atoms with van der Waals surface area (Å²) in [6.45, 7) is 4.90. The van der Waals surface area contributed by atoms with Crippen molar-refractivity contribution >= 4 is 5.97 Å². The zero-order chi connectivity index (χ0) is 13.1. The van der Waals surface area contributed by atoms with E-state index in [9.17, 15) is 4.79 Å². The Hall–Kier alpha value is -2.03. The van der Waals surface area contributed by atoms with Crippen LogP contribution in [0.3, 0.4) is 0 Å². The second kappa shape index (κ2) is 5.08.